The lowest BCUT2D eigenvalue weighted by atomic mass is 10.1. The Morgan fingerprint density at radius 2 is 1.72 bits per heavy atom. The van der Waals surface area contributed by atoms with E-state index in [1.54, 1.807) is 10.9 Å². The van der Waals surface area contributed by atoms with Gasteiger partial charge in [-0.1, -0.05) is 59.6 Å². The normalized spacial score (nSPS) is 11.1. The van der Waals surface area contributed by atoms with Crippen LogP contribution in [-0.4, -0.2) is 46.3 Å². The zero-order chi connectivity index (χ0) is 20.5. The van der Waals surface area contributed by atoms with Crippen LogP contribution < -0.4 is 10.6 Å². The van der Waals surface area contributed by atoms with Crippen LogP contribution >= 0.6 is 23.2 Å². The van der Waals surface area contributed by atoms with Crippen molar-refractivity contribution in [1.82, 2.24) is 25.6 Å². The third-order valence-corrected chi connectivity index (χ3v) is 4.97. The second kappa shape index (κ2) is 11.3. The van der Waals surface area contributed by atoms with Crippen molar-refractivity contribution in [3.05, 3.63) is 69.8 Å². The minimum absolute atomic E-state index is 0.161. The summed E-state index contributed by atoms with van der Waals surface area (Å²) in [4.78, 5) is 1.68. The highest BCUT2D eigenvalue weighted by Gasteiger charge is 2.14. The number of aromatic nitrogens is 3. The molecule has 0 aliphatic heterocycles. The second-order valence-corrected chi connectivity index (χ2v) is 7.48. The molecule has 1 heterocycles. The maximum atomic E-state index is 8.78. The maximum Gasteiger partial charge on any atom is 0.117 e. The van der Waals surface area contributed by atoms with Crippen LogP contribution in [0.15, 0.2) is 48.5 Å². The molecule has 0 spiro atoms. The molecule has 154 valence electrons. The van der Waals surface area contributed by atoms with E-state index in [4.69, 9.17) is 38.5 Å². The van der Waals surface area contributed by atoms with E-state index in [1.807, 2.05) is 42.5 Å². The van der Waals surface area contributed by atoms with Crippen LogP contribution in [0.5, 0.6) is 0 Å². The number of halogens is 2. The van der Waals surface area contributed by atoms with Gasteiger partial charge in [0.1, 0.15) is 11.4 Å². The van der Waals surface area contributed by atoms with Crippen LogP contribution in [-0.2, 0) is 13.1 Å². The van der Waals surface area contributed by atoms with E-state index in [-0.39, 0.29) is 6.61 Å². The van der Waals surface area contributed by atoms with E-state index in [0.29, 0.717) is 29.7 Å². The zero-order valence-corrected chi connectivity index (χ0v) is 17.6. The lowest BCUT2D eigenvalue weighted by Gasteiger charge is -2.05. The summed E-state index contributed by atoms with van der Waals surface area (Å²) < 4.78 is 0. The fraction of sp³-hybridized carbons (Fsp3) is 0.333. The van der Waals surface area contributed by atoms with Crippen LogP contribution in [0.1, 0.15) is 17.7 Å². The molecule has 0 unspecified atom stereocenters. The van der Waals surface area contributed by atoms with Crippen LogP contribution in [0, 0.1) is 0 Å². The van der Waals surface area contributed by atoms with E-state index >= 15 is 0 Å². The lowest BCUT2D eigenvalue weighted by molar-refractivity contribution is 0.292. The van der Waals surface area contributed by atoms with Gasteiger partial charge in [-0.3, -0.25) is 0 Å². The summed E-state index contributed by atoms with van der Waals surface area (Å²) in [6.45, 7) is 3.59. The van der Waals surface area contributed by atoms with Gasteiger partial charge in [-0.05, 0) is 37.2 Å². The van der Waals surface area contributed by atoms with Crippen molar-refractivity contribution >= 4 is 23.2 Å². The van der Waals surface area contributed by atoms with Gasteiger partial charge in [0.05, 0.1) is 13.2 Å². The van der Waals surface area contributed by atoms with E-state index in [1.165, 1.54) is 0 Å². The number of rotatable bonds is 11. The predicted octanol–water partition coefficient (Wildman–Crippen LogP) is 3.36. The summed E-state index contributed by atoms with van der Waals surface area (Å²) >= 11 is 12.3. The Kier molecular flexibility index (Phi) is 8.46. The smallest absolute Gasteiger partial charge is 0.117 e. The quantitative estimate of drug-likeness (QED) is 0.404. The monoisotopic (exact) mass is 433 g/mol. The molecule has 0 aliphatic carbocycles. The van der Waals surface area contributed by atoms with E-state index in [9.17, 15) is 0 Å². The average Bonchev–Trinajstić information content (AvgIpc) is 3.13. The van der Waals surface area contributed by atoms with Gasteiger partial charge < -0.3 is 15.7 Å². The number of nitrogens with one attached hydrogen (secondary N) is 2. The summed E-state index contributed by atoms with van der Waals surface area (Å²) in [5, 5.41) is 26.0. The number of aliphatic hydroxyl groups excluding tert-OH is 1. The molecular weight excluding hydrogens is 409 g/mol. The fourth-order valence-corrected chi connectivity index (χ4v) is 3.41. The molecule has 1 aromatic heterocycles. The molecule has 6 nitrogen and oxygen atoms in total. The highest BCUT2D eigenvalue weighted by Crippen LogP contribution is 2.23. The largest absolute Gasteiger partial charge is 0.395 e. The fourth-order valence-electron chi connectivity index (χ4n) is 2.94. The molecule has 2 aromatic carbocycles. The van der Waals surface area contributed by atoms with Gasteiger partial charge in [0.2, 0.25) is 0 Å². The molecule has 0 amide bonds. The molecule has 0 aliphatic rings. The Morgan fingerprint density at radius 3 is 2.48 bits per heavy atom. The van der Waals surface area contributed by atoms with Crippen molar-refractivity contribution in [1.29, 1.82) is 0 Å². The van der Waals surface area contributed by atoms with Crippen molar-refractivity contribution in [2.45, 2.75) is 19.5 Å². The summed E-state index contributed by atoms with van der Waals surface area (Å²) in [6.07, 6.45) is 0.967. The van der Waals surface area contributed by atoms with E-state index in [0.717, 1.165) is 42.0 Å². The Hall–Kier alpha value is -1.96. The first-order chi connectivity index (χ1) is 14.2. The van der Waals surface area contributed by atoms with Gasteiger partial charge in [0, 0.05) is 28.7 Å². The standard InChI is InChI=1S/C21H25Cl2N5O/c22-18-8-7-17(19(23)13-18)15-28-26-20(14-25-10-4-9-24-11-12-29)21(27-28)16-5-2-1-3-6-16/h1-3,5-8,13,24-25,29H,4,9-12,14-15H2. The number of hydrogen-bond acceptors (Lipinski definition) is 5. The number of benzene rings is 2. The van der Waals surface area contributed by atoms with Crippen molar-refractivity contribution in [2.75, 3.05) is 26.2 Å². The second-order valence-electron chi connectivity index (χ2n) is 6.63. The van der Waals surface area contributed by atoms with E-state index in [2.05, 4.69) is 10.6 Å². The third kappa shape index (κ3) is 6.52. The SMILES string of the molecule is OCCNCCCNCc1nn(Cc2ccc(Cl)cc2Cl)nc1-c1ccccc1. The predicted molar refractivity (Wildman–Crippen MR) is 117 cm³/mol. The summed E-state index contributed by atoms with van der Waals surface area (Å²) in [6, 6.07) is 15.5. The average molecular weight is 434 g/mol. The molecule has 0 saturated carbocycles. The first kappa shape index (κ1) is 21.7. The lowest BCUT2D eigenvalue weighted by Crippen LogP contribution is -2.24. The number of nitrogens with zero attached hydrogens (tertiary/aromatic N) is 3. The molecule has 0 saturated heterocycles. The molecule has 0 radical (unpaired) electrons. The molecule has 3 N–H and O–H groups in total. The topological polar surface area (TPSA) is 75.0 Å². The summed E-state index contributed by atoms with van der Waals surface area (Å²) in [5.41, 5.74) is 3.70. The van der Waals surface area contributed by atoms with Crippen molar-refractivity contribution in [3.8, 4) is 11.3 Å². The Morgan fingerprint density at radius 1 is 0.931 bits per heavy atom. The number of hydrogen-bond donors (Lipinski definition) is 3. The summed E-state index contributed by atoms with van der Waals surface area (Å²) in [5.74, 6) is 0. The van der Waals surface area contributed by atoms with E-state index < -0.39 is 0 Å². The molecule has 0 fully saturated rings. The molecule has 3 aromatic rings. The highest BCUT2D eigenvalue weighted by atomic mass is 35.5. The summed E-state index contributed by atoms with van der Waals surface area (Å²) in [7, 11) is 0. The molecule has 8 heteroatoms. The molecule has 3 rings (SSSR count). The minimum atomic E-state index is 0.161. The maximum absolute atomic E-state index is 8.78. The van der Waals surface area contributed by atoms with Gasteiger partial charge in [-0.2, -0.15) is 15.0 Å². The van der Waals surface area contributed by atoms with Gasteiger partial charge in [-0.15, -0.1) is 0 Å². The van der Waals surface area contributed by atoms with Crippen molar-refractivity contribution < 1.29 is 5.11 Å². The van der Waals surface area contributed by atoms with Gasteiger partial charge in [-0.25, -0.2) is 0 Å². The Balaban J connectivity index is 1.70. The third-order valence-electron chi connectivity index (χ3n) is 4.39. The highest BCUT2D eigenvalue weighted by molar-refractivity contribution is 6.35. The van der Waals surface area contributed by atoms with Crippen molar-refractivity contribution in [2.24, 2.45) is 0 Å². The van der Waals surface area contributed by atoms with Crippen LogP contribution in [0.2, 0.25) is 10.0 Å². The number of aliphatic hydroxyl groups is 1. The van der Waals surface area contributed by atoms with Crippen LogP contribution in [0.25, 0.3) is 11.3 Å². The molecule has 0 atom stereocenters. The molecule has 0 bridgehead atoms. The minimum Gasteiger partial charge on any atom is -0.395 e. The molecule has 29 heavy (non-hydrogen) atoms. The Bertz CT molecular complexity index is 901. The first-order valence-corrected chi connectivity index (χ1v) is 10.4. The van der Waals surface area contributed by atoms with Crippen LogP contribution in [0.4, 0.5) is 0 Å². The zero-order valence-electron chi connectivity index (χ0n) is 16.1. The van der Waals surface area contributed by atoms with Gasteiger partial charge in [0.25, 0.3) is 0 Å². The van der Waals surface area contributed by atoms with Gasteiger partial charge >= 0.3 is 0 Å². The van der Waals surface area contributed by atoms with Crippen molar-refractivity contribution in [3.63, 3.8) is 0 Å². The first-order valence-electron chi connectivity index (χ1n) is 9.63. The van der Waals surface area contributed by atoms with Crippen LogP contribution in [0.3, 0.4) is 0 Å². The molecular formula is C21H25Cl2N5O. The Labute approximate surface area is 180 Å². The van der Waals surface area contributed by atoms with Gasteiger partial charge in [0.15, 0.2) is 0 Å².